The van der Waals surface area contributed by atoms with Crippen molar-refractivity contribution in [2.24, 2.45) is 10.7 Å². The summed E-state index contributed by atoms with van der Waals surface area (Å²) in [6.45, 7) is 29.7. The molecule has 49 heavy (non-hydrogen) atoms. The quantitative estimate of drug-likeness (QED) is 0.0762. The Balaban J connectivity index is 0.00000554. The Kier molecular flexibility index (Phi) is 20.0. The second-order valence-electron chi connectivity index (χ2n) is 12.1. The van der Waals surface area contributed by atoms with Crippen molar-refractivity contribution >= 4 is 35.2 Å². The topological polar surface area (TPSA) is 167 Å². The van der Waals surface area contributed by atoms with Crippen molar-refractivity contribution in [3.05, 3.63) is 84.6 Å². The maximum atomic E-state index is 12.7. The highest BCUT2D eigenvalue weighted by molar-refractivity contribution is 6.47. The van der Waals surface area contributed by atoms with E-state index in [1.807, 2.05) is 86.6 Å². The van der Waals surface area contributed by atoms with Crippen LogP contribution in [0.15, 0.2) is 84.0 Å². The highest BCUT2D eigenvalue weighted by Gasteiger charge is 2.25. The molecule has 0 fully saturated rings. The van der Waals surface area contributed by atoms with Gasteiger partial charge in [-0.3, -0.25) is 9.59 Å². The fourth-order valence-electron chi connectivity index (χ4n) is 4.32. The SMILES string of the molecule is C=C1C=C(N)NC(=O)C1=N/C(=C\C)CNc1ccc(C(=C)NC(CCC(=O)NC(C)(C)CCOC(C)(C)CC=O)C(=C)O)cc1.CC.CC. The van der Waals surface area contributed by atoms with Crippen molar-refractivity contribution in [2.45, 2.75) is 105 Å². The highest BCUT2D eigenvalue weighted by atomic mass is 16.5. The van der Waals surface area contributed by atoms with Gasteiger partial charge < -0.3 is 41.6 Å². The number of nitrogens with one attached hydrogen (secondary N) is 4. The molecular formula is C38H60N6O5. The number of benzene rings is 1. The molecule has 1 aliphatic rings. The van der Waals surface area contributed by atoms with E-state index in [0.717, 1.165) is 17.5 Å². The predicted octanol–water partition coefficient (Wildman–Crippen LogP) is 6.43. The molecule has 1 heterocycles. The number of nitrogens with zero attached hydrogens (tertiary/aromatic N) is 1. The van der Waals surface area contributed by atoms with Crippen LogP contribution in [0, 0.1) is 0 Å². The van der Waals surface area contributed by atoms with Crippen molar-refractivity contribution in [2.75, 3.05) is 18.5 Å². The first-order valence-electron chi connectivity index (χ1n) is 16.8. The molecule has 1 atom stereocenters. The maximum Gasteiger partial charge on any atom is 0.275 e. The summed E-state index contributed by atoms with van der Waals surface area (Å²) in [7, 11) is 0. The number of aliphatic hydroxyl groups is 1. The lowest BCUT2D eigenvalue weighted by molar-refractivity contribution is -0.123. The summed E-state index contributed by atoms with van der Waals surface area (Å²) >= 11 is 0. The molecule has 0 radical (unpaired) electrons. The summed E-state index contributed by atoms with van der Waals surface area (Å²) in [5, 5.41) is 22.2. The fraction of sp³-hybridized carbons (Fsp3) is 0.474. The zero-order valence-electron chi connectivity index (χ0n) is 31.1. The highest BCUT2D eigenvalue weighted by Crippen LogP contribution is 2.19. The molecule has 1 aromatic rings. The van der Waals surface area contributed by atoms with E-state index in [1.54, 1.807) is 12.2 Å². The van der Waals surface area contributed by atoms with Crippen molar-refractivity contribution in [3.63, 3.8) is 0 Å². The number of allylic oxidation sites excluding steroid dienone is 2. The van der Waals surface area contributed by atoms with Gasteiger partial charge in [-0.25, -0.2) is 4.99 Å². The predicted molar refractivity (Wildman–Crippen MR) is 203 cm³/mol. The lowest BCUT2D eigenvalue weighted by atomic mass is 9.99. The summed E-state index contributed by atoms with van der Waals surface area (Å²) in [6.07, 6.45) is 5.53. The van der Waals surface area contributed by atoms with Crippen molar-refractivity contribution < 1.29 is 24.2 Å². The van der Waals surface area contributed by atoms with E-state index < -0.39 is 23.1 Å². The zero-order chi connectivity index (χ0) is 37.8. The summed E-state index contributed by atoms with van der Waals surface area (Å²) in [6, 6.07) is 6.91. The molecule has 1 unspecified atom stereocenters. The van der Waals surface area contributed by atoms with Crippen molar-refractivity contribution in [1.29, 1.82) is 0 Å². The van der Waals surface area contributed by atoms with Crippen LogP contribution in [0.3, 0.4) is 0 Å². The number of amides is 2. The van der Waals surface area contributed by atoms with Gasteiger partial charge in [0.15, 0.2) is 0 Å². The van der Waals surface area contributed by atoms with Gasteiger partial charge in [0.05, 0.1) is 23.9 Å². The molecule has 2 amide bonds. The fourth-order valence-corrected chi connectivity index (χ4v) is 4.32. The number of rotatable bonds is 18. The number of carbonyl (C=O) groups excluding carboxylic acids is 3. The van der Waals surface area contributed by atoms with E-state index in [1.165, 1.54) is 0 Å². The molecule has 0 spiro atoms. The Hall–Kier alpha value is -4.64. The number of aliphatic imine (C=N–C) groups is 1. The number of aldehydes is 1. The average molecular weight is 681 g/mol. The van der Waals surface area contributed by atoms with Crippen LogP contribution < -0.4 is 27.0 Å². The van der Waals surface area contributed by atoms with Crippen LogP contribution in [0.2, 0.25) is 0 Å². The Morgan fingerprint density at radius 1 is 1.12 bits per heavy atom. The van der Waals surface area contributed by atoms with Gasteiger partial charge in [0.2, 0.25) is 5.91 Å². The Labute approximate surface area is 293 Å². The molecule has 272 valence electrons. The third kappa shape index (κ3) is 16.8. The number of hydrogen-bond donors (Lipinski definition) is 6. The Morgan fingerprint density at radius 3 is 2.27 bits per heavy atom. The molecule has 1 aromatic carbocycles. The largest absolute Gasteiger partial charge is 0.511 e. The number of ether oxygens (including phenoxy) is 1. The first-order chi connectivity index (χ1) is 23.1. The smallest absolute Gasteiger partial charge is 0.275 e. The Morgan fingerprint density at radius 2 is 1.73 bits per heavy atom. The minimum Gasteiger partial charge on any atom is -0.511 e. The molecule has 11 heteroatoms. The lowest BCUT2D eigenvalue weighted by Crippen LogP contribution is -2.45. The minimum absolute atomic E-state index is 0.0969. The molecule has 0 saturated carbocycles. The molecule has 2 rings (SSSR count). The van der Waals surface area contributed by atoms with Gasteiger partial charge in [-0.05, 0) is 71.2 Å². The second kappa shape index (κ2) is 22.1. The molecule has 0 bridgehead atoms. The van der Waals surface area contributed by atoms with E-state index in [2.05, 4.69) is 46.0 Å². The van der Waals surface area contributed by atoms with Crippen molar-refractivity contribution in [1.82, 2.24) is 16.0 Å². The second-order valence-corrected chi connectivity index (χ2v) is 12.1. The van der Waals surface area contributed by atoms with Gasteiger partial charge >= 0.3 is 0 Å². The number of anilines is 1. The number of nitrogens with two attached hydrogens (primary N) is 1. The van der Waals surface area contributed by atoms with E-state index in [-0.39, 0.29) is 29.6 Å². The van der Waals surface area contributed by atoms with Crippen LogP contribution in [0.4, 0.5) is 5.69 Å². The van der Waals surface area contributed by atoms with Gasteiger partial charge in [-0.2, -0.15) is 0 Å². The first kappa shape index (κ1) is 44.4. The molecule has 1 aliphatic heterocycles. The zero-order valence-corrected chi connectivity index (χ0v) is 31.1. The first-order valence-corrected chi connectivity index (χ1v) is 16.8. The van der Waals surface area contributed by atoms with Crippen LogP contribution in [-0.4, -0.2) is 59.3 Å². The monoisotopic (exact) mass is 680 g/mol. The van der Waals surface area contributed by atoms with Crippen LogP contribution >= 0.6 is 0 Å². The van der Waals surface area contributed by atoms with E-state index >= 15 is 0 Å². The van der Waals surface area contributed by atoms with Gasteiger partial charge in [0, 0.05) is 41.9 Å². The van der Waals surface area contributed by atoms with Crippen LogP contribution in [0.1, 0.15) is 93.6 Å². The molecule has 0 aromatic heterocycles. The average Bonchev–Trinajstić information content (AvgIpc) is 3.03. The Bertz CT molecular complexity index is 1370. The third-order valence-corrected chi connectivity index (χ3v) is 7.09. The molecular weight excluding hydrogens is 620 g/mol. The summed E-state index contributed by atoms with van der Waals surface area (Å²) in [4.78, 5) is 40.2. The lowest BCUT2D eigenvalue weighted by Gasteiger charge is -2.29. The van der Waals surface area contributed by atoms with Crippen LogP contribution in [0.5, 0.6) is 0 Å². The number of hydrogen-bond acceptors (Lipinski definition) is 9. The van der Waals surface area contributed by atoms with Crippen LogP contribution in [-0.2, 0) is 19.1 Å². The summed E-state index contributed by atoms with van der Waals surface area (Å²) < 4.78 is 5.80. The van der Waals surface area contributed by atoms with E-state index in [9.17, 15) is 19.5 Å². The minimum atomic E-state index is -0.579. The standard InChI is InChI=1S/C34H48N6O5.2C2H6/c1-9-26(38-31-22(2)20-29(35)39-32(31)44)21-36-27-12-10-25(11-13-27)23(3)37-28(24(4)42)14-15-30(43)40-33(5,6)17-19-45-34(7,8)16-18-41;2*1-2/h9-13,18,20,28,36-37,42H,2-4,14-17,19,21,35H2,1,5-8H3,(H,39,44)(H,40,43);2*1-2H3/b26-9-,38-31?;;. The molecule has 7 N–H and O–H groups in total. The summed E-state index contributed by atoms with van der Waals surface area (Å²) in [5.41, 5.74) is 8.07. The van der Waals surface area contributed by atoms with Crippen LogP contribution in [0.25, 0.3) is 5.70 Å². The van der Waals surface area contributed by atoms with Gasteiger partial charge in [-0.15, -0.1) is 0 Å². The van der Waals surface area contributed by atoms with E-state index in [0.29, 0.717) is 49.4 Å². The molecule has 0 saturated heterocycles. The van der Waals surface area contributed by atoms with Gasteiger partial charge in [0.25, 0.3) is 5.91 Å². The number of carbonyl (C=O) groups is 3. The van der Waals surface area contributed by atoms with Gasteiger partial charge in [-0.1, -0.05) is 65.6 Å². The summed E-state index contributed by atoms with van der Waals surface area (Å²) in [5.74, 6) is -0.433. The number of aliphatic hydroxyl groups excluding tert-OH is 1. The third-order valence-electron chi connectivity index (χ3n) is 7.09. The normalized spacial score (nSPS) is 14.5. The maximum absolute atomic E-state index is 12.7. The molecule has 0 aliphatic carbocycles. The van der Waals surface area contributed by atoms with E-state index in [4.69, 9.17) is 10.5 Å². The van der Waals surface area contributed by atoms with Crippen molar-refractivity contribution in [3.8, 4) is 0 Å². The molecule has 11 nitrogen and oxygen atoms in total. The van der Waals surface area contributed by atoms with Gasteiger partial charge in [0.1, 0.15) is 23.6 Å².